The van der Waals surface area contributed by atoms with Crippen LogP contribution in [-0.2, 0) is 11.2 Å². The van der Waals surface area contributed by atoms with E-state index in [0.717, 1.165) is 41.0 Å². The summed E-state index contributed by atoms with van der Waals surface area (Å²) in [5.41, 5.74) is 4.08. The van der Waals surface area contributed by atoms with E-state index in [9.17, 15) is 4.79 Å². The smallest absolute Gasteiger partial charge is 0.348 e. The second-order valence-electron chi connectivity index (χ2n) is 5.70. The zero-order valence-electron chi connectivity index (χ0n) is 13.9. The molecule has 0 aliphatic rings. The highest BCUT2D eigenvalue weighted by atomic mass is 32.1. The Hall–Kier alpha value is -2.40. The van der Waals surface area contributed by atoms with Crippen LogP contribution in [-0.4, -0.2) is 22.1 Å². The third-order valence-corrected chi connectivity index (χ3v) is 4.62. The molecule has 3 rings (SSSR count). The topological polar surface area (TPSA) is 44.1 Å². The molecule has 0 fully saturated rings. The van der Waals surface area contributed by atoms with E-state index < -0.39 is 0 Å². The summed E-state index contributed by atoms with van der Waals surface area (Å²) < 4.78 is 7.21. The third-order valence-electron chi connectivity index (χ3n) is 3.73. The number of para-hydroxylation sites is 2. The number of imidazole rings is 1. The zero-order chi connectivity index (χ0) is 17.1. The molecule has 0 aliphatic carbocycles. The monoisotopic (exact) mass is 340 g/mol. The summed E-state index contributed by atoms with van der Waals surface area (Å²) in [6, 6.07) is 9.92. The van der Waals surface area contributed by atoms with Gasteiger partial charge < -0.3 is 4.74 Å². The Bertz CT molecular complexity index is 892. The number of hydrogen-bond donors (Lipinski definition) is 0. The molecule has 3 aromatic rings. The summed E-state index contributed by atoms with van der Waals surface area (Å²) in [5, 5.41) is 1.98. The van der Waals surface area contributed by atoms with E-state index in [0.29, 0.717) is 11.5 Å². The van der Waals surface area contributed by atoms with Gasteiger partial charge in [-0.25, -0.2) is 9.78 Å². The highest BCUT2D eigenvalue weighted by Gasteiger charge is 2.16. The van der Waals surface area contributed by atoms with Crippen molar-refractivity contribution >= 4 is 28.3 Å². The molecule has 0 unspecified atom stereocenters. The predicted molar refractivity (Wildman–Crippen MR) is 98.0 cm³/mol. The number of carbonyl (C=O) groups is 1. The molecule has 0 saturated carbocycles. The average Bonchev–Trinajstić information content (AvgIpc) is 3.17. The van der Waals surface area contributed by atoms with Gasteiger partial charge in [0.2, 0.25) is 0 Å². The molecule has 2 aromatic heterocycles. The van der Waals surface area contributed by atoms with Gasteiger partial charge in [-0.15, -0.1) is 17.9 Å². The summed E-state index contributed by atoms with van der Waals surface area (Å²) in [6.07, 6.45) is 1.70. The van der Waals surface area contributed by atoms with Crippen LogP contribution >= 0.6 is 11.3 Å². The minimum absolute atomic E-state index is 0.276. The van der Waals surface area contributed by atoms with Crippen LogP contribution in [0.15, 0.2) is 47.9 Å². The number of carbonyl (C=O) groups excluding carboxylic acids is 1. The molecule has 2 heterocycles. The molecule has 0 aliphatic heterocycles. The SMILES string of the molecule is C=C(C)CCc1nc2ccccc2n1-c1csc(C(=O)OCC)c1. The van der Waals surface area contributed by atoms with Gasteiger partial charge in [0, 0.05) is 11.8 Å². The van der Waals surface area contributed by atoms with Crippen LogP contribution in [0.2, 0.25) is 0 Å². The van der Waals surface area contributed by atoms with Gasteiger partial charge in [0.1, 0.15) is 10.7 Å². The molecule has 0 bridgehead atoms. The van der Waals surface area contributed by atoms with Gasteiger partial charge in [0.15, 0.2) is 0 Å². The number of hydrogen-bond acceptors (Lipinski definition) is 4. The summed E-state index contributed by atoms with van der Waals surface area (Å²) >= 11 is 1.40. The number of allylic oxidation sites excluding steroid dienone is 1. The number of rotatable bonds is 6. The Kier molecular flexibility index (Phi) is 4.81. The number of benzene rings is 1. The summed E-state index contributed by atoms with van der Waals surface area (Å²) in [4.78, 5) is 17.3. The number of thiophene rings is 1. The van der Waals surface area contributed by atoms with Crippen LogP contribution in [0.5, 0.6) is 0 Å². The maximum absolute atomic E-state index is 11.9. The quantitative estimate of drug-likeness (QED) is 0.479. The summed E-state index contributed by atoms with van der Waals surface area (Å²) in [6.45, 7) is 8.19. The molecule has 24 heavy (non-hydrogen) atoms. The van der Waals surface area contributed by atoms with Crippen LogP contribution < -0.4 is 0 Å². The molecule has 0 amide bonds. The van der Waals surface area contributed by atoms with Gasteiger partial charge >= 0.3 is 5.97 Å². The molecule has 0 spiro atoms. The number of aromatic nitrogens is 2. The molecule has 0 saturated heterocycles. The highest BCUT2D eigenvalue weighted by molar-refractivity contribution is 7.12. The van der Waals surface area contributed by atoms with E-state index in [4.69, 9.17) is 9.72 Å². The van der Waals surface area contributed by atoms with E-state index in [1.165, 1.54) is 11.3 Å². The van der Waals surface area contributed by atoms with E-state index in [-0.39, 0.29) is 5.97 Å². The number of aryl methyl sites for hydroxylation is 1. The first kappa shape index (κ1) is 16.5. The average molecular weight is 340 g/mol. The van der Waals surface area contributed by atoms with Crippen molar-refractivity contribution in [1.82, 2.24) is 9.55 Å². The maximum Gasteiger partial charge on any atom is 0.348 e. The fourth-order valence-electron chi connectivity index (χ4n) is 2.61. The van der Waals surface area contributed by atoms with Gasteiger partial charge in [-0.1, -0.05) is 17.7 Å². The predicted octanol–water partition coefficient (Wildman–Crippen LogP) is 4.77. The van der Waals surface area contributed by atoms with Crippen molar-refractivity contribution in [2.45, 2.75) is 26.7 Å². The van der Waals surface area contributed by atoms with E-state index >= 15 is 0 Å². The number of ether oxygens (including phenoxy) is 1. The first-order valence-electron chi connectivity index (χ1n) is 7.97. The van der Waals surface area contributed by atoms with Crippen molar-refractivity contribution in [3.05, 3.63) is 58.6 Å². The normalized spacial score (nSPS) is 10.9. The second-order valence-corrected chi connectivity index (χ2v) is 6.61. The van der Waals surface area contributed by atoms with Crippen molar-refractivity contribution in [3.63, 3.8) is 0 Å². The highest BCUT2D eigenvalue weighted by Crippen LogP contribution is 2.27. The third kappa shape index (κ3) is 3.26. The molecular weight excluding hydrogens is 320 g/mol. The van der Waals surface area contributed by atoms with Crippen LogP contribution in [0.3, 0.4) is 0 Å². The van der Waals surface area contributed by atoms with Gasteiger partial charge in [-0.05, 0) is 38.5 Å². The first-order chi connectivity index (χ1) is 11.6. The second kappa shape index (κ2) is 7.01. The largest absolute Gasteiger partial charge is 0.462 e. The zero-order valence-corrected chi connectivity index (χ0v) is 14.7. The first-order valence-corrected chi connectivity index (χ1v) is 8.85. The number of nitrogens with zero attached hydrogens (tertiary/aromatic N) is 2. The molecule has 0 radical (unpaired) electrons. The maximum atomic E-state index is 11.9. The molecular formula is C19H20N2O2S. The van der Waals surface area contributed by atoms with Crippen molar-refractivity contribution < 1.29 is 9.53 Å². The van der Waals surface area contributed by atoms with Gasteiger partial charge in [-0.3, -0.25) is 4.57 Å². The number of esters is 1. The van der Waals surface area contributed by atoms with Crippen molar-refractivity contribution in [1.29, 1.82) is 0 Å². The van der Waals surface area contributed by atoms with Crippen LogP contribution in [0, 0.1) is 0 Å². The fraction of sp³-hybridized carbons (Fsp3) is 0.263. The minimum atomic E-state index is -0.276. The van der Waals surface area contributed by atoms with Crippen molar-refractivity contribution in [3.8, 4) is 5.69 Å². The van der Waals surface area contributed by atoms with Crippen molar-refractivity contribution in [2.24, 2.45) is 0 Å². The molecule has 124 valence electrons. The molecule has 1 aromatic carbocycles. The molecule has 5 heteroatoms. The lowest BCUT2D eigenvalue weighted by molar-refractivity contribution is 0.0532. The molecule has 0 atom stereocenters. The fourth-order valence-corrected chi connectivity index (χ4v) is 3.37. The Morgan fingerprint density at radius 1 is 1.38 bits per heavy atom. The molecule has 4 nitrogen and oxygen atoms in total. The lowest BCUT2D eigenvalue weighted by Crippen LogP contribution is -2.03. The Morgan fingerprint density at radius 2 is 2.17 bits per heavy atom. The Morgan fingerprint density at radius 3 is 2.92 bits per heavy atom. The Balaban J connectivity index is 2.05. The lowest BCUT2D eigenvalue weighted by atomic mass is 10.2. The van der Waals surface area contributed by atoms with Crippen LogP contribution in [0.4, 0.5) is 0 Å². The molecule has 0 N–H and O–H groups in total. The Labute approximate surface area is 145 Å². The summed E-state index contributed by atoms with van der Waals surface area (Å²) in [7, 11) is 0. The standard InChI is InChI=1S/C19H20N2O2S/c1-4-23-19(22)17-11-14(12-24-17)21-16-8-6-5-7-15(16)20-18(21)10-9-13(2)3/h5-8,11-12H,2,4,9-10H2,1,3H3. The van der Waals surface area contributed by atoms with Crippen molar-refractivity contribution in [2.75, 3.05) is 6.61 Å². The van der Waals surface area contributed by atoms with Gasteiger partial charge in [0.05, 0.1) is 23.3 Å². The van der Waals surface area contributed by atoms with E-state index in [2.05, 4.69) is 11.1 Å². The summed E-state index contributed by atoms with van der Waals surface area (Å²) in [5.74, 6) is 0.703. The van der Waals surface area contributed by atoms with Crippen LogP contribution in [0.25, 0.3) is 16.7 Å². The lowest BCUT2D eigenvalue weighted by Gasteiger charge is -2.07. The van der Waals surface area contributed by atoms with E-state index in [1.54, 1.807) is 0 Å². The van der Waals surface area contributed by atoms with Crippen LogP contribution in [0.1, 0.15) is 35.8 Å². The van der Waals surface area contributed by atoms with Gasteiger partial charge in [-0.2, -0.15) is 0 Å². The van der Waals surface area contributed by atoms with Gasteiger partial charge in [0.25, 0.3) is 0 Å². The number of fused-ring (bicyclic) bond motifs is 1. The minimum Gasteiger partial charge on any atom is -0.462 e. The van der Waals surface area contributed by atoms with E-state index in [1.807, 2.05) is 49.6 Å².